The van der Waals surface area contributed by atoms with E-state index in [0.717, 1.165) is 0 Å². The van der Waals surface area contributed by atoms with E-state index in [1.165, 1.54) is 12.3 Å². The number of primary sulfonamides is 1. The lowest BCUT2D eigenvalue weighted by atomic mass is 10.2. The molecule has 2 rings (SSSR count). The quantitative estimate of drug-likeness (QED) is 0.900. The molecular formula is C12H11ClN2O4S. The molecule has 2 aromatic rings. The number of carbonyl (C=O) groups is 1. The number of halogens is 1. The van der Waals surface area contributed by atoms with E-state index >= 15 is 0 Å². The van der Waals surface area contributed by atoms with E-state index in [2.05, 4.69) is 5.32 Å². The zero-order valence-electron chi connectivity index (χ0n) is 10.2. The summed E-state index contributed by atoms with van der Waals surface area (Å²) in [5.74, 6) is -0.669. The molecule has 0 saturated heterocycles. The highest BCUT2D eigenvalue weighted by molar-refractivity contribution is 7.88. The molecule has 0 bridgehead atoms. The van der Waals surface area contributed by atoms with Gasteiger partial charge in [0.05, 0.1) is 17.6 Å². The summed E-state index contributed by atoms with van der Waals surface area (Å²) in [7, 11) is -3.57. The molecule has 1 aromatic heterocycles. The first-order valence-electron chi connectivity index (χ1n) is 5.49. The van der Waals surface area contributed by atoms with Gasteiger partial charge in [-0.05, 0) is 35.4 Å². The third kappa shape index (κ3) is 3.83. The zero-order valence-corrected chi connectivity index (χ0v) is 11.7. The molecule has 0 aliphatic rings. The molecule has 0 unspecified atom stereocenters. The van der Waals surface area contributed by atoms with Gasteiger partial charge in [0.25, 0.3) is 5.91 Å². The topological polar surface area (TPSA) is 102 Å². The van der Waals surface area contributed by atoms with E-state index in [0.29, 0.717) is 11.3 Å². The Bertz CT molecular complexity index is 722. The Morgan fingerprint density at radius 2 is 1.90 bits per heavy atom. The Hall–Kier alpha value is -1.83. The number of amides is 1. The SMILES string of the molecule is NS(=O)(=O)Cc1ccc(NC(=O)c2ccoc2Cl)cc1. The highest BCUT2D eigenvalue weighted by Crippen LogP contribution is 2.19. The van der Waals surface area contributed by atoms with Crippen LogP contribution in [0.4, 0.5) is 5.69 Å². The summed E-state index contributed by atoms with van der Waals surface area (Å²) < 4.78 is 26.7. The van der Waals surface area contributed by atoms with Gasteiger partial charge in [0, 0.05) is 5.69 Å². The fourth-order valence-electron chi connectivity index (χ4n) is 1.57. The highest BCUT2D eigenvalue weighted by atomic mass is 35.5. The molecule has 0 aliphatic carbocycles. The number of hydrogen-bond acceptors (Lipinski definition) is 4. The molecule has 3 N–H and O–H groups in total. The van der Waals surface area contributed by atoms with Crippen LogP contribution in [0, 0.1) is 0 Å². The summed E-state index contributed by atoms with van der Waals surface area (Å²) in [4.78, 5) is 11.8. The lowest BCUT2D eigenvalue weighted by Gasteiger charge is -2.05. The Morgan fingerprint density at radius 1 is 1.25 bits per heavy atom. The van der Waals surface area contributed by atoms with Gasteiger partial charge in [-0.1, -0.05) is 12.1 Å². The van der Waals surface area contributed by atoms with Crippen molar-refractivity contribution in [2.45, 2.75) is 5.75 Å². The molecule has 20 heavy (non-hydrogen) atoms. The summed E-state index contributed by atoms with van der Waals surface area (Å²) in [6.45, 7) is 0. The van der Waals surface area contributed by atoms with Crippen molar-refractivity contribution in [3.8, 4) is 0 Å². The van der Waals surface area contributed by atoms with Gasteiger partial charge < -0.3 is 9.73 Å². The molecule has 8 heteroatoms. The average Bonchev–Trinajstić information content (AvgIpc) is 2.76. The summed E-state index contributed by atoms with van der Waals surface area (Å²) in [5, 5.41) is 7.56. The van der Waals surface area contributed by atoms with Crippen LogP contribution in [0.25, 0.3) is 0 Å². The number of nitrogens with one attached hydrogen (secondary N) is 1. The van der Waals surface area contributed by atoms with Crippen LogP contribution < -0.4 is 10.5 Å². The number of sulfonamides is 1. The lowest BCUT2D eigenvalue weighted by Crippen LogP contribution is -2.14. The third-order valence-corrected chi connectivity index (χ3v) is 3.47. The van der Waals surface area contributed by atoms with Crippen LogP contribution in [-0.2, 0) is 15.8 Å². The van der Waals surface area contributed by atoms with Crippen LogP contribution in [0.15, 0.2) is 41.0 Å². The number of anilines is 1. The molecule has 6 nitrogen and oxygen atoms in total. The summed E-state index contributed by atoms with van der Waals surface area (Å²) in [6.07, 6.45) is 1.31. The molecular weight excluding hydrogens is 304 g/mol. The van der Waals surface area contributed by atoms with Gasteiger partial charge in [0.2, 0.25) is 15.2 Å². The maximum Gasteiger partial charge on any atom is 0.260 e. The molecule has 0 saturated carbocycles. The third-order valence-electron chi connectivity index (χ3n) is 2.44. The van der Waals surface area contributed by atoms with E-state index in [1.54, 1.807) is 24.3 Å². The number of nitrogens with two attached hydrogens (primary N) is 1. The fourth-order valence-corrected chi connectivity index (χ4v) is 2.43. The Morgan fingerprint density at radius 3 is 2.40 bits per heavy atom. The highest BCUT2D eigenvalue weighted by Gasteiger charge is 2.13. The van der Waals surface area contributed by atoms with E-state index in [-0.39, 0.29) is 16.5 Å². The first kappa shape index (κ1) is 14.6. The first-order chi connectivity index (χ1) is 9.35. The van der Waals surface area contributed by atoms with Crippen molar-refractivity contribution in [1.82, 2.24) is 0 Å². The van der Waals surface area contributed by atoms with Crippen molar-refractivity contribution in [3.05, 3.63) is 52.9 Å². The van der Waals surface area contributed by atoms with E-state index in [1.807, 2.05) is 0 Å². The molecule has 106 valence electrons. The van der Waals surface area contributed by atoms with Gasteiger partial charge in [-0.2, -0.15) is 0 Å². The largest absolute Gasteiger partial charge is 0.452 e. The van der Waals surface area contributed by atoms with Gasteiger partial charge >= 0.3 is 0 Å². The van der Waals surface area contributed by atoms with Crippen LogP contribution >= 0.6 is 11.6 Å². The monoisotopic (exact) mass is 314 g/mol. The van der Waals surface area contributed by atoms with Crippen LogP contribution in [0.3, 0.4) is 0 Å². The van der Waals surface area contributed by atoms with Crippen LogP contribution in [0.1, 0.15) is 15.9 Å². The smallest absolute Gasteiger partial charge is 0.260 e. The van der Waals surface area contributed by atoms with Gasteiger partial charge in [0.1, 0.15) is 0 Å². The van der Waals surface area contributed by atoms with Gasteiger partial charge in [-0.25, -0.2) is 13.6 Å². The minimum Gasteiger partial charge on any atom is -0.452 e. The molecule has 1 heterocycles. The summed E-state index contributed by atoms with van der Waals surface area (Å²) in [6, 6.07) is 7.74. The van der Waals surface area contributed by atoms with Crippen LogP contribution in [0.2, 0.25) is 5.22 Å². The van der Waals surface area contributed by atoms with Crippen molar-refractivity contribution >= 4 is 33.2 Å². The van der Waals surface area contributed by atoms with Gasteiger partial charge in [0.15, 0.2) is 0 Å². The van der Waals surface area contributed by atoms with E-state index in [9.17, 15) is 13.2 Å². The minimum atomic E-state index is -3.57. The number of hydrogen-bond donors (Lipinski definition) is 2. The minimum absolute atomic E-state index is 0.00773. The van der Waals surface area contributed by atoms with Crippen molar-refractivity contribution < 1.29 is 17.6 Å². The second-order valence-electron chi connectivity index (χ2n) is 4.07. The average molecular weight is 315 g/mol. The maximum absolute atomic E-state index is 11.8. The second kappa shape index (κ2) is 5.66. The standard InChI is InChI=1S/C12H11ClN2O4S/c13-11-10(5-6-19-11)12(16)15-9-3-1-8(2-4-9)7-20(14,17)18/h1-6H,7H2,(H,15,16)(H2,14,17,18). The van der Waals surface area contributed by atoms with Gasteiger partial charge in [-0.15, -0.1) is 0 Å². The van der Waals surface area contributed by atoms with Crippen LogP contribution in [0.5, 0.6) is 0 Å². The Balaban J connectivity index is 2.08. The van der Waals surface area contributed by atoms with E-state index < -0.39 is 15.9 Å². The number of furan rings is 1. The normalized spacial score (nSPS) is 11.3. The molecule has 1 aromatic carbocycles. The zero-order chi connectivity index (χ0) is 14.8. The number of carbonyl (C=O) groups excluding carboxylic acids is 1. The maximum atomic E-state index is 11.8. The Kier molecular flexibility index (Phi) is 4.12. The van der Waals surface area contributed by atoms with Crippen molar-refractivity contribution in [2.75, 3.05) is 5.32 Å². The number of benzene rings is 1. The predicted molar refractivity (Wildman–Crippen MR) is 74.9 cm³/mol. The fraction of sp³-hybridized carbons (Fsp3) is 0.0833. The molecule has 1 amide bonds. The van der Waals surface area contributed by atoms with Crippen LogP contribution in [-0.4, -0.2) is 14.3 Å². The molecule has 0 spiro atoms. The lowest BCUT2D eigenvalue weighted by molar-refractivity contribution is 0.102. The first-order valence-corrected chi connectivity index (χ1v) is 7.58. The van der Waals surface area contributed by atoms with Gasteiger partial charge in [-0.3, -0.25) is 4.79 Å². The predicted octanol–water partition coefficient (Wildman–Crippen LogP) is 1.97. The van der Waals surface area contributed by atoms with Crippen molar-refractivity contribution in [3.63, 3.8) is 0 Å². The molecule has 0 aliphatic heterocycles. The summed E-state index contributed by atoms with van der Waals surface area (Å²) >= 11 is 5.69. The van der Waals surface area contributed by atoms with E-state index in [4.69, 9.17) is 21.2 Å². The molecule has 0 atom stereocenters. The van der Waals surface area contributed by atoms with Crippen molar-refractivity contribution in [1.29, 1.82) is 0 Å². The summed E-state index contributed by atoms with van der Waals surface area (Å²) in [5.41, 5.74) is 1.26. The molecule has 0 radical (unpaired) electrons. The Labute approximate surface area is 120 Å². The molecule has 0 fully saturated rings. The van der Waals surface area contributed by atoms with Crippen molar-refractivity contribution in [2.24, 2.45) is 5.14 Å². The number of rotatable bonds is 4. The second-order valence-corrected chi connectivity index (χ2v) is 6.02.